The Bertz CT molecular complexity index is 441. The van der Waals surface area contributed by atoms with E-state index >= 15 is 0 Å². The lowest BCUT2D eigenvalue weighted by Crippen LogP contribution is -2.39. The smallest absolute Gasteiger partial charge is 0.337 e. The molecule has 5 nitrogen and oxygen atoms in total. The zero-order valence-corrected chi connectivity index (χ0v) is 9.60. The number of nitrogens with one attached hydrogen (secondary N) is 1. The first-order valence-electron chi connectivity index (χ1n) is 5.56. The molecule has 1 heterocycles. The highest BCUT2D eigenvalue weighted by Gasteiger charge is 2.21. The molecule has 1 aliphatic rings. The SMILES string of the molecule is COC(=O)c1ccnc(C(=O)NC2CCC2)c1. The monoisotopic (exact) mass is 234 g/mol. The minimum Gasteiger partial charge on any atom is -0.465 e. The van der Waals surface area contributed by atoms with Crippen LogP contribution in [0, 0.1) is 0 Å². The van der Waals surface area contributed by atoms with Crippen molar-refractivity contribution in [3.05, 3.63) is 29.6 Å². The quantitative estimate of drug-likeness (QED) is 0.796. The number of carbonyl (C=O) groups is 2. The van der Waals surface area contributed by atoms with Gasteiger partial charge in [0, 0.05) is 12.2 Å². The summed E-state index contributed by atoms with van der Waals surface area (Å²) in [5.41, 5.74) is 0.584. The predicted octanol–water partition coefficient (Wildman–Crippen LogP) is 1.15. The van der Waals surface area contributed by atoms with E-state index in [1.807, 2.05) is 0 Å². The molecule has 17 heavy (non-hydrogen) atoms. The third kappa shape index (κ3) is 2.61. The van der Waals surface area contributed by atoms with Gasteiger partial charge in [0.05, 0.1) is 12.7 Å². The molecular weight excluding hydrogens is 220 g/mol. The van der Waals surface area contributed by atoms with Crippen molar-refractivity contribution in [3.63, 3.8) is 0 Å². The Morgan fingerprint density at radius 2 is 2.24 bits per heavy atom. The molecule has 1 amide bonds. The van der Waals surface area contributed by atoms with E-state index in [1.165, 1.54) is 25.4 Å². The molecule has 90 valence electrons. The highest BCUT2D eigenvalue weighted by molar-refractivity contribution is 5.96. The second-order valence-corrected chi connectivity index (χ2v) is 4.02. The molecule has 0 radical (unpaired) electrons. The molecule has 1 aromatic rings. The molecule has 1 N–H and O–H groups in total. The minimum atomic E-state index is -0.468. The number of hydrogen-bond acceptors (Lipinski definition) is 4. The van der Waals surface area contributed by atoms with Crippen LogP contribution >= 0.6 is 0 Å². The molecule has 0 atom stereocenters. The van der Waals surface area contributed by atoms with Crippen LogP contribution in [0.1, 0.15) is 40.1 Å². The van der Waals surface area contributed by atoms with Crippen molar-refractivity contribution in [1.82, 2.24) is 10.3 Å². The normalized spacial score (nSPS) is 14.9. The molecule has 0 bridgehead atoms. The molecule has 0 saturated heterocycles. The van der Waals surface area contributed by atoms with Gasteiger partial charge in [0.15, 0.2) is 0 Å². The maximum atomic E-state index is 11.8. The minimum absolute atomic E-state index is 0.236. The van der Waals surface area contributed by atoms with Crippen LogP contribution in [-0.4, -0.2) is 30.0 Å². The van der Waals surface area contributed by atoms with Gasteiger partial charge < -0.3 is 10.1 Å². The van der Waals surface area contributed by atoms with Crippen molar-refractivity contribution < 1.29 is 14.3 Å². The first-order chi connectivity index (χ1) is 8.20. The molecular formula is C12H14N2O3. The fraction of sp³-hybridized carbons (Fsp3) is 0.417. The third-order valence-electron chi connectivity index (χ3n) is 2.85. The van der Waals surface area contributed by atoms with Gasteiger partial charge in [-0.3, -0.25) is 9.78 Å². The Morgan fingerprint density at radius 1 is 1.47 bits per heavy atom. The fourth-order valence-corrected chi connectivity index (χ4v) is 1.61. The van der Waals surface area contributed by atoms with Crippen LogP contribution in [0.4, 0.5) is 0 Å². The lowest BCUT2D eigenvalue weighted by Gasteiger charge is -2.26. The Balaban J connectivity index is 2.09. The Kier molecular flexibility index (Phi) is 3.37. The summed E-state index contributed by atoms with van der Waals surface area (Å²) >= 11 is 0. The van der Waals surface area contributed by atoms with E-state index in [9.17, 15) is 9.59 Å². The van der Waals surface area contributed by atoms with Crippen molar-refractivity contribution >= 4 is 11.9 Å². The van der Waals surface area contributed by atoms with Crippen molar-refractivity contribution in [1.29, 1.82) is 0 Å². The van der Waals surface area contributed by atoms with Gasteiger partial charge in [-0.15, -0.1) is 0 Å². The molecule has 1 aliphatic carbocycles. The largest absolute Gasteiger partial charge is 0.465 e. The molecule has 1 fully saturated rings. The number of methoxy groups -OCH3 is 1. The average Bonchev–Trinajstić information content (AvgIpc) is 2.32. The lowest BCUT2D eigenvalue weighted by molar-refractivity contribution is 0.0600. The Labute approximate surface area is 99.2 Å². The first kappa shape index (κ1) is 11.6. The van der Waals surface area contributed by atoms with E-state index in [1.54, 1.807) is 0 Å². The van der Waals surface area contributed by atoms with Crippen LogP contribution in [0.15, 0.2) is 18.3 Å². The van der Waals surface area contributed by atoms with Gasteiger partial charge in [-0.2, -0.15) is 0 Å². The van der Waals surface area contributed by atoms with E-state index in [0.717, 1.165) is 19.3 Å². The standard InChI is InChI=1S/C12H14N2O3/c1-17-12(16)8-5-6-13-10(7-8)11(15)14-9-3-2-4-9/h5-7,9H,2-4H2,1H3,(H,14,15). The zero-order valence-electron chi connectivity index (χ0n) is 9.60. The number of aromatic nitrogens is 1. The van der Waals surface area contributed by atoms with E-state index in [2.05, 4.69) is 15.0 Å². The lowest BCUT2D eigenvalue weighted by atomic mass is 9.93. The van der Waals surface area contributed by atoms with E-state index in [0.29, 0.717) is 5.56 Å². The summed E-state index contributed by atoms with van der Waals surface area (Å²) in [5.74, 6) is -0.703. The summed E-state index contributed by atoms with van der Waals surface area (Å²) in [6.07, 6.45) is 4.62. The highest BCUT2D eigenvalue weighted by atomic mass is 16.5. The molecule has 1 aromatic heterocycles. The molecule has 0 aliphatic heterocycles. The molecule has 5 heteroatoms. The molecule has 1 saturated carbocycles. The van der Waals surface area contributed by atoms with Crippen LogP contribution in [0.5, 0.6) is 0 Å². The number of ether oxygens (including phenoxy) is 1. The predicted molar refractivity (Wildman–Crippen MR) is 60.7 cm³/mol. The van der Waals surface area contributed by atoms with Crippen LogP contribution in [0.25, 0.3) is 0 Å². The van der Waals surface area contributed by atoms with Crippen LogP contribution in [0.3, 0.4) is 0 Å². The van der Waals surface area contributed by atoms with Crippen molar-refractivity contribution in [3.8, 4) is 0 Å². The van der Waals surface area contributed by atoms with Crippen LogP contribution in [0.2, 0.25) is 0 Å². The van der Waals surface area contributed by atoms with Gasteiger partial charge in [-0.1, -0.05) is 0 Å². The Morgan fingerprint density at radius 3 is 2.82 bits per heavy atom. The van der Waals surface area contributed by atoms with Gasteiger partial charge in [0.25, 0.3) is 5.91 Å². The first-order valence-corrected chi connectivity index (χ1v) is 5.56. The second-order valence-electron chi connectivity index (χ2n) is 4.02. The average molecular weight is 234 g/mol. The highest BCUT2D eigenvalue weighted by Crippen LogP contribution is 2.18. The van der Waals surface area contributed by atoms with Crippen LogP contribution in [-0.2, 0) is 4.74 Å². The molecule has 0 aromatic carbocycles. The topological polar surface area (TPSA) is 68.3 Å². The Hall–Kier alpha value is -1.91. The van der Waals surface area contributed by atoms with Gasteiger partial charge in [-0.05, 0) is 31.4 Å². The number of nitrogens with zero attached hydrogens (tertiary/aromatic N) is 1. The van der Waals surface area contributed by atoms with Gasteiger partial charge >= 0.3 is 5.97 Å². The maximum Gasteiger partial charge on any atom is 0.337 e. The summed E-state index contributed by atoms with van der Waals surface area (Å²) in [5, 5.41) is 2.86. The zero-order chi connectivity index (χ0) is 12.3. The van der Waals surface area contributed by atoms with Gasteiger partial charge in [0.2, 0.25) is 0 Å². The number of rotatable bonds is 3. The van der Waals surface area contributed by atoms with Crippen LogP contribution < -0.4 is 5.32 Å². The van der Waals surface area contributed by atoms with Gasteiger partial charge in [-0.25, -0.2) is 4.79 Å². The van der Waals surface area contributed by atoms with E-state index in [-0.39, 0.29) is 17.6 Å². The van der Waals surface area contributed by atoms with Gasteiger partial charge in [0.1, 0.15) is 5.69 Å². The number of hydrogen-bond donors (Lipinski definition) is 1. The second kappa shape index (κ2) is 4.95. The summed E-state index contributed by atoms with van der Waals surface area (Å²) in [6, 6.07) is 3.22. The number of pyridine rings is 1. The summed E-state index contributed by atoms with van der Waals surface area (Å²) < 4.78 is 4.59. The molecule has 0 unspecified atom stereocenters. The van der Waals surface area contributed by atoms with Crippen molar-refractivity contribution in [2.75, 3.05) is 7.11 Å². The van der Waals surface area contributed by atoms with Crippen molar-refractivity contribution in [2.45, 2.75) is 25.3 Å². The number of amides is 1. The maximum absolute atomic E-state index is 11.8. The molecule has 2 rings (SSSR count). The van der Waals surface area contributed by atoms with E-state index in [4.69, 9.17) is 0 Å². The number of esters is 1. The summed E-state index contributed by atoms with van der Waals surface area (Å²) in [7, 11) is 1.30. The third-order valence-corrected chi connectivity index (χ3v) is 2.85. The number of carbonyl (C=O) groups excluding carboxylic acids is 2. The fourth-order valence-electron chi connectivity index (χ4n) is 1.61. The summed E-state index contributed by atoms with van der Waals surface area (Å²) in [6.45, 7) is 0. The van der Waals surface area contributed by atoms with Crippen molar-refractivity contribution in [2.24, 2.45) is 0 Å². The summed E-state index contributed by atoms with van der Waals surface area (Å²) in [4.78, 5) is 27.0. The van der Waals surface area contributed by atoms with E-state index < -0.39 is 5.97 Å². The molecule has 0 spiro atoms.